The van der Waals surface area contributed by atoms with Crippen LogP contribution in [0.15, 0.2) is 139 Å². The monoisotopic (exact) mass is 849 g/mol. The summed E-state index contributed by atoms with van der Waals surface area (Å²) in [4.78, 5) is 39.0. The number of pyridine rings is 2. The molecule has 0 bridgehead atoms. The first-order valence-electron chi connectivity index (χ1n) is 20.5. The van der Waals surface area contributed by atoms with Crippen LogP contribution in [0.2, 0.25) is 0 Å². The van der Waals surface area contributed by atoms with Gasteiger partial charge in [-0.15, -0.1) is 0 Å². The van der Waals surface area contributed by atoms with Gasteiger partial charge >= 0.3 is 0 Å². The van der Waals surface area contributed by atoms with E-state index in [-0.39, 0.29) is 29.0 Å². The minimum atomic E-state index is -4.57. The number of ether oxygens (including phenoxy) is 2. The lowest BCUT2D eigenvalue weighted by Gasteiger charge is -2.29. The Morgan fingerprint density at radius 2 is 1.69 bits per heavy atom. The van der Waals surface area contributed by atoms with Crippen molar-refractivity contribution in [3.8, 4) is 33.8 Å². The number of carbonyl (C=O) groups is 1. The molecule has 4 aromatic carbocycles. The number of nitro groups is 1. The molecule has 5 heterocycles. The van der Waals surface area contributed by atoms with Crippen LogP contribution >= 0.6 is 0 Å². The van der Waals surface area contributed by atoms with Crippen molar-refractivity contribution in [2.75, 3.05) is 36.5 Å². The fraction of sp³-hybridized carbons (Fsp3) is 0.213. The van der Waals surface area contributed by atoms with E-state index in [1.54, 1.807) is 24.4 Å². The van der Waals surface area contributed by atoms with Crippen molar-refractivity contribution < 1.29 is 27.6 Å². The van der Waals surface area contributed by atoms with Gasteiger partial charge in [-0.2, -0.15) is 0 Å². The van der Waals surface area contributed by atoms with Gasteiger partial charge in [0.15, 0.2) is 0 Å². The van der Waals surface area contributed by atoms with E-state index in [9.17, 15) is 23.3 Å². The van der Waals surface area contributed by atoms with Crippen molar-refractivity contribution in [2.24, 2.45) is 5.92 Å². The van der Waals surface area contributed by atoms with Crippen molar-refractivity contribution in [1.29, 1.82) is 0 Å². The van der Waals surface area contributed by atoms with Crippen LogP contribution in [0.3, 0.4) is 0 Å². The molecular weight excluding hydrogens is 807 g/mol. The summed E-state index contributed by atoms with van der Waals surface area (Å²) in [5.41, 5.74) is 6.57. The molecule has 0 aliphatic carbocycles. The molecule has 2 aliphatic heterocycles. The van der Waals surface area contributed by atoms with Crippen LogP contribution in [-0.2, 0) is 14.8 Å². The zero-order valence-electron chi connectivity index (χ0n) is 33.6. The molecule has 7 aromatic rings. The van der Waals surface area contributed by atoms with Gasteiger partial charge in [0.1, 0.15) is 22.8 Å². The second kappa shape index (κ2) is 17.5. The van der Waals surface area contributed by atoms with Crippen LogP contribution in [0.5, 0.6) is 11.5 Å². The summed E-state index contributed by atoms with van der Waals surface area (Å²) in [6.07, 6.45) is 10.6. The van der Waals surface area contributed by atoms with E-state index in [1.807, 2.05) is 42.7 Å². The highest BCUT2D eigenvalue weighted by Gasteiger charge is 2.29. The first-order chi connectivity index (χ1) is 30.2. The molecule has 0 radical (unpaired) electrons. The Bertz CT molecular complexity index is 2860. The summed E-state index contributed by atoms with van der Waals surface area (Å²) >= 11 is 0. The number of amides is 1. The molecule has 0 spiro atoms. The Labute approximate surface area is 358 Å². The highest BCUT2D eigenvalue weighted by Crippen LogP contribution is 2.41. The fourth-order valence-electron chi connectivity index (χ4n) is 8.32. The van der Waals surface area contributed by atoms with Gasteiger partial charge in [-0.3, -0.25) is 19.9 Å². The van der Waals surface area contributed by atoms with Crippen molar-refractivity contribution >= 4 is 44.0 Å². The summed E-state index contributed by atoms with van der Waals surface area (Å²) in [5, 5.41) is 16.0. The van der Waals surface area contributed by atoms with E-state index < -0.39 is 31.4 Å². The maximum atomic E-state index is 13.9. The number of anilines is 2. The number of carbonyl (C=O) groups excluding carboxylic acids is 1. The molecule has 1 atom stereocenters. The SMILES string of the molecule is O=C(NS(=O)(=O)c1ccc(NCC2CCOCC2)c([N+](=O)[O-])c1)c1ccc(-c2ccc(N3CCCC3c3ccccc3-c3ccncc3)cc2)cc1Oc1cnc2[nH]ccc2c1. The number of H-pyrrole nitrogens is 1. The third-order valence-corrected chi connectivity index (χ3v) is 12.9. The standard InChI is InChI=1S/C47H43N7O7S/c55-47(52-62(58,59)38-12-14-42(44(28-38)54(56)57)50-29-31-18-24-60-25-19-31)41-13-9-34(27-45(41)61-37-26-35-17-22-49-46(35)51-30-37)32-7-10-36(11-8-32)53-23-3-6-43(53)40-5-2-1-4-39(40)33-15-20-48-21-16-33/h1-2,4-5,7-17,20-22,26-28,30-31,43,50H,3,6,18-19,23-25,29H2,(H,49,51)(H,52,55). The Hall–Kier alpha value is -7.10. The van der Waals surface area contributed by atoms with E-state index >= 15 is 0 Å². The molecule has 1 amide bonds. The summed E-state index contributed by atoms with van der Waals surface area (Å²) in [6, 6.07) is 33.0. The minimum absolute atomic E-state index is 0.0693. The first-order valence-corrected chi connectivity index (χ1v) is 22.0. The average molecular weight is 850 g/mol. The smallest absolute Gasteiger partial charge is 0.293 e. The van der Waals surface area contributed by atoms with E-state index in [0.29, 0.717) is 31.2 Å². The Morgan fingerprint density at radius 1 is 0.903 bits per heavy atom. The molecule has 3 aromatic heterocycles. The Balaban J connectivity index is 0.983. The first kappa shape index (κ1) is 40.3. The van der Waals surface area contributed by atoms with Crippen molar-refractivity contribution in [3.63, 3.8) is 0 Å². The Kier molecular flexibility index (Phi) is 11.4. The van der Waals surface area contributed by atoms with Gasteiger partial charge in [0, 0.05) is 62.0 Å². The molecule has 2 fully saturated rings. The van der Waals surface area contributed by atoms with Gasteiger partial charge in [-0.05, 0) is 120 Å². The van der Waals surface area contributed by atoms with Crippen LogP contribution in [0.25, 0.3) is 33.3 Å². The summed E-state index contributed by atoms with van der Waals surface area (Å²) in [6.45, 7) is 2.63. The minimum Gasteiger partial charge on any atom is -0.455 e. The highest BCUT2D eigenvalue weighted by molar-refractivity contribution is 7.90. The number of sulfonamides is 1. The lowest BCUT2D eigenvalue weighted by molar-refractivity contribution is -0.384. The van der Waals surface area contributed by atoms with E-state index in [2.05, 4.69) is 66.3 Å². The van der Waals surface area contributed by atoms with Crippen LogP contribution in [0, 0.1) is 16.0 Å². The topological polar surface area (TPSA) is 182 Å². The van der Waals surface area contributed by atoms with Crippen molar-refractivity contribution in [2.45, 2.75) is 36.6 Å². The number of nitrogens with one attached hydrogen (secondary N) is 3. The molecule has 2 saturated heterocycles. The molecule has 314 valence electrons. The highest BCUT2D eigenvalue weighted by atomic mass is 32.2. The maximum Gasteiger partial charge on any atom is 0.293 e. The number of aromatic amines is 1. The summed E-state index contributed by atoms with van der Waals surface area (Å²) in [7, 11) is -4.57. The second-order valence-electron chi connectivity index (χ2n) is 15.4. The van der Waals surface area contributed by atoms with Crippen LogP contribution in [0.1, 0.15) is 47.6 Å². The third kappa shape index (κ3) is 8.58. The lowest BCUT2D eigenvalue weighted by atomic mass is 9.94. The molecule has 15 heteroatoms. The number of fused-ring (bicyclic) bond motifs is 1. The molecule has 1 unspecified atom stereocenters. The average Bonchev–Trinajstić information content (AvgIpc) is 3.99. The third-order valence-electron chi connectivity index (χ3n) is 11.6. The number of nitrogens with zero attached hydrogens (tertiary/aromatic N) is 4. The number of aromatic nitrogens is 3. The zero-order valence-corrected chi connectivity index (χ0v) is 34.4. The number of rotatable bonds is 13. The largest absolute Gasteiger partial charge is 0.455 e. The van der Waals surface area contributed by atoms with Crippen LogP contribution in [0.4, 0.5) is 17.1 Å². The van der Waals surface area contributed by atoms with E-state index in [4.69, 9.17) is 9.47 Å². The molecule has 0 saturated carbocycles. The van der Waals surface area contributed by atoms with Gasteiger partial charge in [0.25, 0.3) is 21.6 Å². The molecule has 2 aliphatic rings. The second-order valence-corrected chi connectivity index (χ2v) is 17.1. The molecular formula is C47H43N7O7S. The van der Waals surface area contributed by atoms with Gasteiger partial charge in [-0.1, -0.05) is 42.5 Å². The number of hydrogen-bond acceptors (Lipinski definition) is 11. The van der Waals surface area contributed by atoms with Gasteiger partial charge in [0.05, 0.1) is 27.6 Å². The van der Waals surface area contributed by atoms with Crippen molar-refractivity contribution in [1.82, 2.24) is 19.7 Å². The fourth-order valence-corrected chi connectivity index (χ4v) is 9.31. The van der Waals surface area contributed by atoms with Gasteiger partial charge in [0.2, 0.25) is 0 Å². The molecule has 14 nitrogen and oxygen atoms in total. The summed E-state index contributed by atoms with van der Waals surface area (Å²) < 4.78 is 41.2. The van der Waals surface area contributed by atoms with Gasteiger partial charge < -0.3 is 24.7 Å². The predicted octanol–water partition coefficient (Wildman–Crippen LogP) is 9.29. The lowest BCUT2D eigenvalue weighted by Crippen LogP contribution is -2.31. The van der Waals surface area contributed by atoms with Crippen molar-refractivity contribution in [3.05, 3.63) is 155 Å². The zero-order chi connectivity index (χ0) is 42.6. The maximum absolute atomic E-state index is 13.9. The quantitative estimate of drug-likeness (QED) is 0.0743. The molecule has 9 rings (SSSR count). The van der Waals surface area contributed by atoms with Crippen LogP contribution in [-0.4, -0.2) is 60.5 Å². The van der Waals surface area contributed by atoms with Gasteiger partial charge in [-0.25, -0.2) is 18.1 Å². The Morgan fingerprint density at radius 3 is 2.50 bits per heavy atom. The molecule has 62 heavy (non-hydrogen) atoms. The molecule has 3 N–H and O–H groups in total. The van der Waals surface area contributed by atoms with E-state index in [0.717, 1.165) is 66.1 Å². The summed E-state index contributed by atoms with van der Waals surface area (Å²) in [5.74, 6) is -0.298. The number of benzene rings is 4. The predicted molar refractivity (Wildman–Crippen MR) is 237 cm³/mol. The number of hydrogen-bond donors (Lipinski definition) is 3. The number of nitro benzene ring substituents is 1. The normalized spacial score (nSPS) is 15.7. The van der Waals surface area contributed by atoms with E-state index in [1.165, 1.54) is 35.5 Å². The van der Waals surface area contributed by atoms with Crippen LogP contribution < -0.4 is 19.7 Å².